The van der Waals surface area contributed by atoms with Crippen molar-refractivity contribution in [1.29, 1.82) is 0 Å². The molecule has 182 valence electrons. The van der Waals surface area contributed by atoms with E-state index in [4.69, 9.17) is 18.9 Å². The van der Waals surface area contributed by atoms with Gasteiger partial charge in [0.1, 0.15) is 18.2 Å². The summed E-state index contributed by atoms with van der Waals surface area (Å²) in [7, 11) is 0. The average molecular weight is 490 g/mol. The Bertz CT molecular complexity index is 1540. The predicted octanol–water partition coefficient (Wildman–Crippen LogP) is 6.05. The summed E-state index contributed by atoms with van der Waals surface area (Å²) in [5, 5.41) is 0. The number of rotatable bonds is 4. The van der Waals surface area contributed by atoms with Crippen molar-refractivity contribution >= 4 is 11.9 Å². The minimum atomic E-state index is -0.113. The van der Waals surface area contributed by atoms with E-state index in [9.17, 15) is 4.79 Å². The van der Waals surface area contributed by atoms with Gasteiger partial charge in [-0.2, -0.15) is 0 Å². The van der Waals surface area contributed by atoms with Crippen LogP contribution in [0.5, 0.6) is 23.0 Å². The molecule has 3 aliphatic rings. The van der Waals surface area contributed by atoms with E-state index in [0.29, 0.717) is 36.9 Å². The Morgan fingerprint density at radius 1 is 0.784 bits per heavy atom. The van der Waals surface area contributed by atoms with E-state index in [-0.39, 0.29) is 12.6 Å². The molecule has 4 aromatic carbocycles. The van der Waals surface area contributed by atoms with Crippen LogP contribution in [0.1, 0.15) is 27.0 Å². The molecule has 0 saturated carbocycles. The Morgan fingerprint density at radius 3 is 2.43 bits per heavy atom. The topological polar surface area (TPSA) is 57.2 Å². The average Bonchev–Trinajstić information content (AvgIpc) is 3.54. The maximum absolute atomic E-state index is 13.2. The molecule has 0 bridgehead atoms. The number of hydrogen-bond donors (Lipinski definition) is 0. The number of carbonyl (C=O) groups excluding carboxylic acids is 1. The van der Waals surface area contributed by atoms with Crippen LogP contribution >= 0.6 is 0 Å². The molecule has 37 heavy (non-hydrogen) atoms. The molecule has 0 spiro atoms. The molecular weight excluding hydrogens is 466 g/mol. The van der Waals surface area contributed by atoms with Gasteiger partial charge in [0.05, 0.1) is 11.1 Å². The van der Waals surface area contributed by atoms with Crippen molar-refractivity contribution in [3.8, 4) is 34.1 Å². The Morgan fingerprint density at radius 2 is 1.57 bits per heavy atom. The second-order valence-corrected chi connectivity index (χ2v) is 9.29. The third kappa shape index (κ3) is 4.01. The van der Waals surface area contributed by atoms with Crippen LogP contribution in [0.4, 0.5) is 0 Å². The molecule has 0 N–H and O–H groups in total. The minimum absolute atomic E-state index is 0.113. The van der Waals surface area contributed by atoms with Gasteiger partial charge in [-0.1, -0.05) is 60.7 Å². The maximum Gasteiger partial charge on any atom is 0.231 e. The van der Waals surface area contributed by atoms with Crippen molar-refractivity contribution in [2.75, 3.05) is 13.5 Å². The molecule has 3 aliphatic heterocycles. The van der Waals surface area contributed by atoms with Gasteiger partial charge >= 0.3 is 0 Å². The van der Waals surface area contributed by atoms with E-state index in [1.165, 1.54) is 0 Å². The van der Waals surface area contributed by atoms with Crippen molar-refractivity contribution in [3.63, 3.8) is 0 Å². The fourth-order valence-corrected chi connectivity index (χ4v) is 4.96. The molecule has 4 aromatic rings. The van der Waals surface area contributed by atoms with Crippen LogP contribution in [-0.4, -0.2) is 24.2 Å². The number of ketones is 1. The zero-order chi connectivity index (χ0) is 24.8. The molecule has 0 aromatic heterocycles. The number of carbonyl (C=O) groups is 1. The first-order valence-electron chi connectivity index (χ1n) is 12.2. The molecule has 0 atom stereocenters. The van der Waals surface area contributed by atoms with Gasteiger partial charge in [-0.15, -0.1) is 0 Å². The number of Topliss-reactive ketones (excluding diaryl/α,β-unsaturated/α-hetero) is 1. The van der Waals surface area contributed by atoms with Crippen molar-refractivity contribution in [2.24, 2.45) is 0 Å². The monoisotopic (exact) mass is 489 g/mol. The summed E-state index contributed by atoms with van der Waals surface area (Å²) in [5.74, 6) is 3.08. The minimum Gasteiger partial charge on any atom is -0.478 e. The summed E-state index contributed by atoms with van der Waals surface area (Å²) in [6, 6.07) is 27.9. The first-order valence-corrected chi connectivity index (χ1v) is 12.2. The van der Waals surface area contributed by atoms with E-state index < -0.39 is 0 Å². The number of nitrogens with zero attached hydrogens (tertiary/aromatic N) is 1. The van der Waals surface area contributed by atoms with Gasteiger partial charge in [0.15, 0.2) is 17.3 Å². The number of fused-ring (bicyclic) bond motifs is 4. The molecule has 6 heteroatoms. The number of benzene rings is 4. The van der Waals surface area contributed by atoms with Crippen LogP contribution in [-0.2, 0) is 13.1 Å². The smallest absolute Gasteiger partial charge is 0.231 e. The van der Waals surface area contributed by atoms with Crippen LogP contribution in [0, 0.1) is 0 Å². The molecule has 0 unspecified atom stereocenters. The van der Waals surface area contributed by atoms with Crippen molar-refractivity contribution in [3.05, 3.63) is 113 Å². The molecule has 0 aliphatic carbocycles. The van der Waals surface area contributed by atoms with Gasteiger partial charge in [-0.3, -0.25) is 9.69 Å². The van der Waals surface area contributed by atoms with Gasteiger partial charge in [0, 0.05) is 13.1 Å². The highest BCUT2D eigenvalue weighted by Crippen LogP contribution is 2.42. The summed E-state index contributed by atoms with van der Waals surface area (Å²) in [6.45, 7) is 1.98. The zero-order valence-electron chi connectivity index (χ0n) is 20.0. The van der Waals surface area contributed by atoms with Gasteiger partial charge in [0.25, 0.3) is 0 Å². The molecule has 6 nitrogen and oxygen atoms in total. The highest BCUT2D eigenvalue weighted by molar-refractivity contribution is 6.15. The quantitative estimate of drug-likeness (QED) is 0.325. The van der Waals surface area contributed by atoms with Gasteiger partial charge < -0.3 is 18.9 Å². The highest BCUT2D eigenvalue weighted by atomic mass is 16.7. The van der Waals surface area contributed by atoms with E-state index in [1.54, 1.807) is 12.1 Å². The lowest BCUT2D eigenvalue weighted by atomic mass is 10.0. The lowest BCUT2D eigenvalue weighted by Crippen LogP contribution is -2.31. The van der Waals surface area contributed by atoms with E-state index >= 15 is 0 Å². The zero-order valence-corrected chi connectivity index (χ0v) is 20.0. The summed E-state index contributed by atoms with van der Waals surface area (Å²) in [4.78, 5) is 15.3. The normalized spacial score (nSPS) is 16.8. The molecular formula is C31H23NO5. The SMILES string of the molecule is O=C1/C(=C/c2ccc(-c3ccccc3)cc2)Oc2c1ccc1c2CN(Cc2ccc3c(c2)OCO3)CO1. The van der Waals surface area contributed by atoms with Gasteiger partial charge in [-0.05, 0) is 52.6 Å². The summed E-state index contributed by atoms with van der Waals surface area (Å²) in [6.07, 6.45) is 1.80. The lowest BCUT2D eigenvalue weighted by Gasteiger charge is -2.29. The molecule has 0 radical (unpaired) electrons. The maximum atomic E-state index is 13.2. The second kappa shape index (κ2) is 8.84. The van der Waals surface area contributed by atoms with E-state index in [0.717, 1.165) is 45.1 Å². The Balaban J connectivity index is 1.12. The second-order valence-electron chi connectivity index (χ2n) is 9.29. The standard InChI is InChI=1S/C31H23NO5/c33-30-24-11-13-26-25(17-32(18-34-26)16-21-8-12-27-28(15-21)36-19-35-27)31(24)37-29(30)14-20-6-9-23(10-7-20)22-4-2-1-3-5-22/h1-15H,16-19H2/b29-14-. The van der Waals surface area contributed by atoms with Crippen molar-refractivity contribution in [2.45, 2.75) is 13.1 Å². The van der Waals surface area contributed by atoms with Crippen molar-refractivity contribution in [1.82, 2.24) is 4.90 Å². The van der Waals surface area contributed by atoms with Crippen LogP contribution in [0.15, 0.2) is 90.7 Å². The molecule has 0 amide bonds. The van der Waals surface area contributed by atoms with Crippen LogP contribution in [0.2, 0.25) is 0 Å². The highest BCUT2D eigenvalue weighted by Gasteiger charge is 2.33. The number of hydrogen-bond acceptors (Lipinski definition) is 6. The van der Waals surface area contributed by atoms with Crippen LogP contribution < -0.4 is 18.9 Å². The summed E-state index contributed by atoms with van der Waals surface area (Å²) < 4.78 is 23.1. The van der Waals surface area contributed by atoms with Gasteiger partial charge in [-0.25, -0.2) is 0 Å². The van der Waals surface area contributed by atoms with Crippen molar-refractivity contribution < 1.29 is 23.7 Å². The Kier molecular flexibility index (Phi) is 5.18. The predicted molar refractivity (Wildman–Crippen MR) is 139 cm³/mol. The van der Waals surface area contributed by atoms with Gasteiger partial charge in [0.2, 0.25) is 12.6 Å². The number of ether oxygens (including phenoxy) is 4. The van der Waals surface area contributed by atoms with E-state index in [1.807, 2.05) is 54.6 Å². The first kappa shape index (κ1) is 21.7. The van der Waals surface area contributed by atoms with E-state index in [2.05, 4.69) is 29.2 Å². The third-order valence-electron chi connectivity index (χ3n) is 6.84. The molecule has 0 fully saturated rings. The van der Waals surface area contributed by atoms with Crippen LogP contribution in [0.3, 0.4) is 0 Å². The molecule has 0 saturated heterocycles. The fourth-order valence-electron chi connectivity index (χ4n) is 4.96. The van der Waals surface area contributed by atoms with Crippen LogP contribution in [0.25, 0.3) is 17.2 Å². The summed E-state index contributed by atoms with van der Waals surface area (Å²) in [5.41, 5.74) is 5.74. The Labute approximate surface area is 214 Å². The lowest BCUT2D eigenvalue weighted by molar-refractivity contribution is 0.0872. The molecule has 3 heterocycles. The fraction of sp³-hybridized carbons (Fsp3) is 0.129. The number of allylic oxidation sites excluding steroid dienone is 1. The summed E-state index contributed by atoms with van der Waals surface area (Å²) >= 11 is 0. The largest absolute Gasteiger partial charge is 0.478 e. The Hall–Kier alpha value is -4.55. The third-order valence-corrected chi connectivity index (χ3v) is 6.84. The first-order chi connectivity index (χ1) is 18.2. The molecule has 7 rings (SSSR count).